The van der Waals surface area contributed by atoms with Crippen LogP contribution >= 0.6 is 0 Å². The van der Waals surface area contributed by atoms with E-state index in [1.165, 1.54) is 18.6 Å². The monoisotopic (exact) mass is 547 g/mol. The molecule has 8 nitrogen and oxygen atoms in total. The van der Waals surface area contributed by atoms with Gasteiger partial charge in [-0.15, -0.1) is 0 Å². The fraction of sp³-hybridized carbons (Fsp3) is 0.710. The van der Waals surface area contributed by atoms with E-state index in [1.54, 1.807) is 37.8 Å². The smallest absolute Gasteiger partial charge is 0.408 e. The normalized spacial score (nSPS) is 13.7. The first-order chi connectivity index (χ1) is 18.4. The summed E-state index contributed by atoms with van der Waals surface area (Å²) in [7, 11) is 0. The van der Waals surface area contributed by atoms with Crippen molar-refractivity contribution in [1.82, 2.24) is 15.5 Å². The average molecular weight is 548 g/mol. The molecule has 3 N–H and O–H groups in total. The van der Waals surface area contributed by atoms with Crippen LogP contribution in [0.1, 0.15) is 118 Å². The van der Waals surface area contributed by atoms with Gasteiger partial charge in [-0.25, -0.2) is 4.79 Å². The second-order valence-electron chi connectivity index (χ2n) is 11.4. The maximum atomic E-state index is 14.3. The molecule has 0 spiro atoms. The van der Waals surface area contributed by atoms with Gasteiger partial charge in [0.25, 0.3) is 0 Å². The molecule has 0 saturated carbocycles. The lowest BCUT2D eigenvalue weighted by molar-refractivity contribution is -0.143. The minimum atomic E-state index is -0.891. The van der Waals surface area contributed by atoms with Crippen LogP contribution in [0.5, 0.6) is 5.75 Å². The highest BCUT2D eigenvalue weighted by Crippen LogP contribution is 2.27. The first-order valence-corrected chi connectivity index (χ1v) is 14.8. The molecule has 1 rings (SSSR count). The first kappa shape index (κ1) is 34.3. The van der Waals surface area contributed by atoms with Crippen molar-refractivity contribution in [2.75, 3.05) is 13.1 Å². The quantitative estimate of drug-likeness (QED) is 0.194. The molecule has 0 aliphatic heterocycles. The number of unbranched alkanes of at least 4 members (excludes halogenated alkanes) is 6. The van der Waals surface area contributed by atoms with E-state index in [-0.39, 0.29) is 23.5 Å². The van der Waals surface area contributed by atoms with Gasteiger partial charge in [0.2, 0.25) is 11.8 Å². The van der Waals surface area contributed by atoms with Crippen molar-refractivity contribution < 1.29 is 24.2 Å². The number of phenolic OH excluding ortho intramolecular Hbond substituents is 1. The molecule has 1 aromatic carbocycles. The van der Waals surface area contributed by atoms with Gasteiger partial charge in [0.05, 0.1) is 0 Å². The molecule has 222 valence electrons. The average Bonchev–Trinajstić information content (AvgIpc) is 2.87. The van der Waals surface area contributed by atoms with Gasteiger partial charge in [0.15, 0.2) is 0 Å². The van der Waals surface area contributed by atoms with Crippen LogP contribution in [0.3, 0.4) is 0 Å². The van der Waals surface area contributed by atoms with E-state index in [0.717, 1.165) is 44.9 Å². The Kier molecular flexibility index (Phi) is 15.6. The van der Waals surface area contributed by atoms with Crippen LogP contribution in [0.4, 0.5) is 4.79 Å². The van der Waals surface area contributed by atoms with Gasteiger partial charge in [0, 0.05) is 13.1 Å². The minimum Gasteiger partial charge on any atom is -0.508 e. The van der Waals surface area contributed by atoms with Crippen LogP contribution in [0, 0.1) is 5.92 Å². The summed E-state index contributed by atoms with van der Waals surface area (Å²) in [6.45, 7) is 14.3. The molecule has 0 aromatic heterocycles. The summed E-state index contributed by atoms with van der Waals surface area (Å²) < 4.78 is 5.47. The molecular weight excluding hydrogens is 494 g/mol. The molecule has 0 saturated heterocycles. The number of rotatable bonds is 17. The predicted octanol–water partition coefficient (Wildman–Crippen LogP) is 6.48. The lowest BCUT2D eigenvalue weighted by atomic mass is 9.95. The van der Waals surface area contributed by atoms with Crippen molar-refractivity contribution in [2.24, 2.45) is 5.92 Å². The molecule has 0 bridgehead atoms. The van der Waals surface area contributed by atoms with E-state index < -0.39 is 23.8 Å². The summed E-state index contributed by atoms with van der Waals surface area (Å²) in [4.78, 5) is 42.2. The number of phenols is 1. The van der Waals surface area contributed by atoms with Gasteiger partial charge in [-0.1, -0.05) is 84.8 Å². The predicted molar refractivity (Wildman–Crippen MR) is 156 cm³/mol. The highest BCUT2D eigenvalue weighted by Gasteiger charge is 2.37. The van der Waals surface area contributed by atoms with Crippen molar-refractivity contribution in [1.29, 1.82) is 0 Å². The van der Waals surface area contributed by atoms with Crippen molar-refractivity contribution in [3.63, 3.8) is 0 Å². The summed E-state index contributed by atoms with van der Waals surface area (Å²) in [5.74, 6) is -0.677. The highest BCUT2D eigenvalue weighted by atomic mass is 16.6. The van der Waals surface area contributed by atoms with E-state index in [2.05, 4.69) is 24.5 Å². The fourth-order valence-electron chi connectivity index (χ4n) is 4.34. The van der Waals surface area contributed by atoms with Gasteiger partial charge >= 0.3 is 6.09 Å². The number of nitrogens with one attached hydrogen (secondary N) is 2. The third kappa shape index (κ3) is 12.8. The number of aromatic hydroxyl groups is 1. The molecule has 3 atom stereocenters. The number of alkyl carbamates (subject to hydrolysis) is 1. The van der Waals surface area contributed by atoms with Crippen LogP contribution < -0.4 is 10.6 Å². The Morgan fingerprint density at radius 1 is 0.923 bits per heavy atom. The Hall–Kier alpha value is -2.77. The summed E-state index contributed by atoms with van der Waals surface area (Å²) in [5, 5.41) is 15.7. The number of hydrogen-bond donors (Lipinski definition) is 3. The molecule has 0 radical (unpaired) electrons. The fourth-order valence-corrected chi connectivity index (χ4v) is 4.34. The lowest BCUT2D eigenvalue weighted by Crippen LogP contribution is -2.55. The summed E-state index contributed by atoms with van der Waals surface area (Å²) in [5.41, 5.74) is -0.0970. The third-order valence-corrected chi connectivity index (χ3v) is 6.79. The summed E-state index contributed by atoms with van der Waals surface area (Å²) in [6.07, 6.45) is 7.97. The van der Waals surface area contributed by atoms with Crippen molar-refractivity contribution >= 4 is 17.9 Å². The molecule has 8 heteroatoms. The Bertz CT molecular complexity index is 866. The molecule has 0 aliphatic carbocycles. The largest absolute Gasteiger partial charge is 0.508 e. The maximum Gasteiger partial charge on any atom is 0.408 e. The van der Waals surface area contributed by atoms with Crippen LogP contribution in [0.25, 0.3) is 0 Å². The van der Waals surface area contributed by atoms with Crippen LogP contribution in [-0.2, 0) is 14.3 Å². The Morgan fingerprint density at radius 2 is 1.51 bits per heavy atom. The Labute approximate surface area is 236 Å². The van der Waals surface area contributed by atoms with Crippen molar-refractivity contribution in [3.8, 4) is 5.75 Å². The highest BCUT2D eigenvalue weighted by molar-refractivity contribution is 5.92. The van der Waals surface area contributed by atoms with Crippen LogP contribution in [-0.4, -0.2) is 52.6 Å². The standard InChI is InChI=1S/C31H53N3O5/c1-8-11-13-14-15-16-22-34(29(37)26(23(4)10-3)33-30(38)39-31(5,6)7)27(28(36)32-21-12-9-2)24-17-19-25(35)20-18-24/h17-20,23,26-27,35H,8-16,21-22H2,1-7H3,(H,32,36)(H,33,38). The zero-order valence-electron chi connectivity index (χ0n) is 25.3. The first-order valence-electron chi connectivity index (χ1n) is 14.8. The third-order valence-electron chi connectivity index (χ3n) is 6.79. The number of carbonyl (C=O) groups is 3. The number of benzene rings is 1. The lowest BCUT2D eigenvalue weighted by Gasteiger charge is -2.36. The Balaban J connectivity index is 3.41. The maximum absolute atomic E-state index is 14.3. The van der Waals surface area contributed by atoms with Gasteiger partial charge in [-0.3, -0.25) is 9.59 Å². The van der Waals surface area contributed by atoms with Crippen LogP contribution in [0.2, 0.25) is 0 Å². The molecular formula is C31H53N3O5. The molecule has 0 heterocycles. The van der Waals surface area contributed by atoms with E-state index >= 15 is 0 Å². The SMILES string of the molecule is CCCCCCCCN(C(=O)C(NC(=O)OC(C)(C)C)C(C)CC)C(C(=O)NCCCC)c1ccc(O)cc1. The van der Waals surface area contributed by atoms with E-state index in [9.17, 15) is 19.5 Å². The van der Waals surface area contributed by atoms with Gasteiger partial charge < -0.3 is 25.4 Å². The Morgan fingerprint density at radius 3 is 2.08 bits per heavy atom. The minimum absolute atomic E-state index is 0.0850. The van der Waals surface area contributed by atoms with Crippen molar-refractivity contribution in [2.45, 2.75) is 124 Å². The zero-order valence-corrected chi connectivity index (χ0v) is 25.3. The zero-order chi connectivity index (χ0) is 29.4. The molecule has 39 heavy (non-hydrogen) atoms. The summed E-state index contributed by atoms with van der Waals surface area (Å²) in [6, 6.07) is 4.67. The van der Waals surface area contributed by atoms with E-state index in [0.29, 0.717) is 25.1 Å². The van der Waals surface area contributed by atoms with Gasteiger partial charge in [0.1, 0.15) is 23.4 Å². The second-order valence-corrected chi connectivity index (χ2v) is 11.4. The van der Waals surface area contributed by atoms with Crippen LogP contribution in [0.15, 0.2) is 24.3 Å². The topological polar surface area (TPSA) is 108 Å². The summed E-state index contributed by atoms with van der Waals surface area (Å²) >= 11 is 0. The number of ether oxygens (including phenoxy) is 1. The van der Waals surface area contributed by atoms with E-state index in [4.69, 9.17) is 4.74 Å². The number of nitrogens with zero attached hydrogens (tertiary/aromatic N) is 1. The number of hydrogen-bond acceptors (Lipinski definition) is 5. The molecule has 3 unspecified atom stereocenters. The molecule has 0 aliphatic rings. The number of amides is 3. The molecule has 1 aromatic rings. The van der Waals surface area contributed by atoms with Crippen molar-refractivity contribution in [3.05, 3.63) is 29.8 Å². The van der Waals surface area contributed by atoms with E-state index in [1.807, 2.05) is 13.8 Å². The number of carbonyl (C=O) groups excluding carboxylic acids is 3. The van der Waals surface area contributed by atoms with Gasteiger partial charge in [-0.05, 0) is 57.2 Å². The van der Waals surface area contributed by atoms with Gasteiger partial charge in [-0.2, -0.15) is 0 Å². The molecule has 0 fully saturated rings. The second kappa shape index (κ2) is 17.7. The molecule has 3 amide bonds.